The van der Waals surface area contributed by atoms with Crippen molar-refractivity contribution in [1.82, 2.24) is 19.9 Å². The summed E-state index contributed by atoms with van der Waals surface area (Å²) in [6.07, 6.45) is -0.473. The lowest BCUT2D eigenvalue weighted by Crippen LogP contribution is -2.35. The molecule has 3 rings (SSSR count). The van der Waals surface area contributed by atoms with Crippen molar-refractivity contribution in [3.63, 3.8) is 0 Å². The van der Waals surface area contributed by atoms with Crippen molar-refractivity contribution in [3.8, 4) is 11.3 Å². The van der Waals surface area contributed by atoms with Crippen molar-refractivity contribution in [2.75, 3.05) is 16.3 Å². The molecule has 9 nitrogen and oxygen atoms in total. The molecule has 174 valence electrons. The van der Waals surface area contributed by atoms with Gasteiger partial charge in [0, 0.05) is 17.4 Å². The molecule has 0 aliphatic heterocycles. The van der Waals surface area contributed by atoms with Crippen molar-refractivity contribution in [2.24, 2.45) is 0 Å². The minimum atomic E-state index is -4.61. The maximum Gasteiger partial charge on any atom is 0.434 e. The molecule has 0 bridgehead atoms. The van der Waals surface area contributed by atoms with Crippen molar-refractivity contribution < 1.29 is 26.4 Å². The van der Waals surface area contributed by atoms with Gasteiger partial charge in [-0.2, -0.15) is 13.2 Å². The minimum absolute atomic E-state index is 0.0370. The van der Waals surface area contributed by atoms with Crippen LogP contribution in [0.2, 0.25) is 0 Å². The normalized spacial score (nSPS) is 12.3. The molecule has 2 N–H and O–H groups in total. The molecule has 0 unspecified atom stereocenters. The third kappa shape index (κ3) is 6.00. The molecule has 0 atom stereocenters. The van der Waals surface area contributed by atoms with Crippen LogP contribution in [0.3, 0.4) is 0 Å². The van der Waals surface area contributed by atoms with Crippen molar-refractivity contribution >= 4 is 27.6 Å². The second kappa shape index (κ2) is 8.73. The van der Waals surface area contributed by atoms with Gasteiger partial charge in [0.05, 0.1) is 35.5 Å². The number of nitrogens with zero attached hydrogens (tertiary/aromatic N) is 4. The van der Waals surface area contributed by atoms with Gasteiger partial charge in [0.1, 0.15) is 0 Å². The van der Waals surface area contributed by atoms with E-state index in [-0.39, 0.29) is 17.3 Å². The van der Waals surface area contributed by atoms with Gasteiger partial charge in [0.25, 0.3) is 0 Å². The average Bonchev–Trinajstić information content (AvgIpc) is 2.72. The SMILES string of the molecule is CC(C)(C(=O)Nc1ccc(-c2cncc(C(F)(F)F)n2)cc1)c1ccnc(NS(C)(=O)=O)n1. The topological polar surface area (TPSA) is 127 Å². The summed E-state index contributed by atoms with van der Waals surface area (Å²) in [6.45, 7) is 3.20. The fourth-order valence-electron chi connectivity index (χ4n) is 2.69. The third-order valence-corrected chi connectivity index (χ3v) is 5.06. The number of hydrogen-bond donors (Lipinski definition) is 2. The first-order valence-electron chi connectivity index (χ1n) is 9.38. The number of nitrogens with one attached hydrogen (secondary N) is 2. The highest BCUT2D eigenvalue weighted by molar-refractivity contribution is 7.91. The zero-order valence-electron chi connectivity index (χ0n) is 17.7. The highest BCUT2D eigenvalue weighted by atomic mass is 32.2. The number of amides is 1. The Hall–Kier alpha value is -3.61. The molecular formula is C20H19F3N6O3S. The first-order chi connectivity index (χ1) is 15.3. The first kappa shape index (κ1) is 24.0. The van der Waals surface area contributed by atoms with E-state index in [9.17, 15) is 26.4 Å². The number of aromatic nitrogens is 4. The molecule has 2 heterocycles. The Labute approximate surface area is 187 Å². The number of carbonyl (C=O) groups excluding carboxylic acids is 1. The predicted octanol–water partition coefficient (Wildman–Crippen LogP) is 3.24. The Kier molecular flexibility index (Phi) is 6.36. The summed E-state index contributed by atoms with van der Waals surface area (Å²) in [5.74, 6) is -0.611. The highest BCUT2D eigenvalue weighted by Crippen LogP contribution is 2.29. The molecule has 0 spiro atoms. The number of hydrogen-bond acceptors (Lipinski definition) is 7. The molecule has 13 heteroatoms. The van der Waals surface area contributed by atoms with Crippen LogP contribution < -0.4 is 10.0 Å². The number of sulfonamides is 1. The lowest BCUT2D eigenvalue weighted by molar-refractivity contribution is -0.141. The van der Waals surface area contributed by atoms with Crippen molar-refractivity contribution in [2.45, 2.75) is 25.4 Å². The van der Waals surface area contributed by atoms with Gasteiger partial charge in [-0.3, -0.25) is 14.5 Å². The Morgan fingerprint density at radius 1 is 0.970 bits per heavy atom. The van der Waals surface area contributed by atoms with E-state index in [0.717, 1.165) is 6.26 Å². The summed E-state index contributed by atoms with van der Waals surface area (Å²) in [4.78, 5) is 28.0. The summed E-state index contributed by atoms with van der Waals surface area (Å²) in [5, 5.41) is 2.71. The Balaban J connectivity index is 1.77. The van der Waals surface area contributed by atoms with Crippen LogP contribution >= 0.6 is 0 Å². The van der Waals surface area contributed by atoms with Gasteiger partial charge < -0.3 is 5.32 Å². The number of halogens is 3. The number of benzene rings is 1. The molecule has 0 saturated carbocycles. The van der Waals surface area contributed by atoms with E-state index in [2.05, 4.69) is 30.0 Å². The maximum absolute atomic E-state index is 12.9. The van der Waals surface area contributed by atoms with Crippen LogP contribution in [0.1, 0.15) is 25.2 Å². The van der Waals surface area contributed by atoms with Crippen LogP contribution in [-0.4, -0.2) is 40.5 Å². The zero-order valence-corrected chi connectivity index (χ0v) is 18.5. The average molecular weight is 480 g/mol. The predicted molar refractivity (Wildman–Crippen MR) is 115 cm³/mol. The molecule has 1 amide bonds. The summed E-state index contributed by atoms with van der Waals surface area (Å²) in [5.41, 5.74) is -1.18. The van der Waals surface area contributed by atoms with Crippen LogP contribution in [0, 0.1) is 0 Å². The second-order valence-electron chi connectivity index (χ2n) is 7.58. The van der Waals surface area contributed by atoms with E-state index in [0.29, 0.717) is 17.4 Å². The van der Waals surface area contributed by atoms with Crippen LogP contribution in [0.4, 0.5) is 24.8 Å². The summed E-state index contributed by atoms with van der Waals surface area (Å²) >= 11 is 0. The fraction of sp³-hybridized carbons (Fsp3) is 0.250. The van der Waals surface area contributed by atoms with E-state index in [1.807, 2.05) is 0 Å². The van der Waals surface area contributed by atoms with Gasteiger partial charge in [-0.05, 0) is 32.0 Å². The van der Waals surface area contributed by atoms with Crippen LogP contribution in [0.15, 0.2) is 48.9 Å². The zero-order chi connectivity index (χ0) is 24.4. The molecule has 1 aromatic carbocycles. The first-order valence-corrected chi connectivity index (χ1v) is 11.3. The van der Waals surface area contributed by atoms with Gasteiger partial charge in [-0.25, -0.2) is 23.4 Å². The molecule has 2 aromatic heterocycles. The van der Waals surface area contributed by atoms with E-state index < -0.39 is 33.2 Å². The summed E-state index contributed by atoms with van der Waals surface area (Å²) < 4.78 is 63.5. The monoisotopic (exact) mass is 480 g/mol. The molecule has 0 fully saturated rings. The molecule has 3 aromatic rings. The van der Waals surface area contributed by atoms with Gasteiger partial charge >= 0.3 is 6.18 Å². The molecule has 33 heavy (non-hydrogen) atoms. The molecule has 0 saturated heterocycles. The standard InChI is InChI=1S/C20H19F3N6O3S/c1-19(2,15-8-9-25-18(28-15)29-33(3,31)32)17(30)26-13-6-4-12(5-7-13)14-10-24-11-16(27-14)20(21,22)23/h4-11H,1-3H3,(H,26,30)(H,25,28,29). The largest absolute Gasteiger partial charge is 0.434 e. The third-order valence-electron chi connectivity index (χ3n) is 4.50. The molecular weight excluding hydrogens is 461 g/mol. The molecule has 0 aliphatic rings. The van der Waals surface area contributed by atoms with E-state index >= 15 is 0 Å². The van der Waals surface area contributed by atoms with E-state index in [1.165, 1.54) is 42.7 Å². The lowest BCUT2D eigenvalue weighted by atomic mass is 9.88. The van der Waals surface area contributed by atoms with Gasteiger partial charge in [-0.1, -0.05) is 12.1 Å². The van der Waals surface area contributed by atoms with Crippen LogP contribution in [-0.2, 0) is 26.4 Å². The lowest BCUT2D eigenvalue weighted by Gasteiger charge is -2.23. The quantitative estimate of drug-likeness (QED) is 0.555. The van der Waals surface area contributed by atoms with E-state index in [4.69, 9.17) is 0 Å². The summed E-state index contributed by atoms with van der Waals surface area (Å²) in [6, 6.07) is 7.53. The Morgan fingerprint density at radius 2 is 1.64 bits per heavy atom. The smallest absolute Gasteiger partial charge is 0.325 e. The Bertz CT molecular complexity index is 1280. The van der Waals surface area contributed by atoms with Crippen molar-refractivity contribution in [3.05, 3.63) is 60.3 Å². The molecule has 0 radical (unpaired) electrons. The van der Waals surface area contributed by atoms with Gasteiger partial charge in [0.2, 0.25) is 21.9 Å². The fourth-order valence-corrected chi connectivity index (χ4v) is 3.12. The van der Waals surface area contributed by atoms with Gasteiger partial charge in [0.15, 0.2) is 5.69 Å². The van der Waals surface area contributed by atoms with Gasteiger partial charge in [-0.15, -0.1) is 0 Å². The Morgan fingerprint density at radius 3 is 2.24 bits per heavy atom. The molecule has 0 aliphatic carbocycles. The number of anilines is 2. The van der Waals surface area contributed by atoms with E-state index in [1.54, 1.807) is 13.8 Å². The van der Waals surface area contributed by atoms with Crippen LogP contribution in [0.25, 0.3) is 11.3 Å². The minimum Gasteiger partial charge on any atom is -0.325 e. The van der Waals surface area contributed by atoms with Crippen molar-refractivity contribution in [1.29, 1.82) is 0 Å². The number of carbonyl (C=O) groups is 1. The van der Waals surface area contributed by atoms with Crippen LogP contribution in [0.5, 0.6) is 0 Å². The maximum atomic E-state index is 12.9. The number of alkyl halides is 3. The highest BCUT2D eigenvalue weighted by Gasteiger charge is 2.33. The second-order valence-corrected chi connectivity index (χ2v) is 9.33. The summed E-state index contributed by atoms with van der Waals surface area (Å²) in [7, 11) is -3.59. The number of rotatable bonds is 6.